The van der Waals surface area contributed by atoms with Crippen molar-refractivity contribution in [2.24, 2.45) is 11.8 Å². The molecule has 0 saturated heterocycles. The average Bonchev–Trinajstić information content (AvgIpc) is 2.60. The van der Waals surface area contributed by atoms with Crippen LogP contribution in [0, 0.1) is 11.8 Å². The van der Waals surface area contributed by atoms with Crippen molar-refractivity contribution in [2.75, 3.05) is 20.1 Å². The van der Waals surface area contributed by atoms with Gasteiger partial charge in [-0.05, 0) is 51.2 Å². The van der Waals surface area contributed by atoms with Gasteiger partial charge in [0.05, 0.1) is 0 Å². The Labute approximate surface area is 156 Å². The van der Waals surface area contributed by atoms with Crippen LogP contribution in [0.25, 0.3) is 0 Å². The topological polar surface area (TPSA) is 3.24 Å². The van der Waals surface area contributed by atoms with Crippen molar-refractivity contribution >= 4 is 0 Å². The van der Waals surface area contributed by atoms with Crippen LogP contribution in [0.2, 0.25) is 0 Å². The van der Waals surface area contributed by atoms with Gasteiger partial charge in [0.15, 0.2) is 0 Å². The minimum Gasteiger partial charge on any atom is -0.307 e. The third-order valence-corrected chi connectivity index (χ3v) is 4.52. The summed E-state index contributed by atoms with van der Waals surface area (Å²) < 4.78 is 0. The van der Waals surface area contributed by atoms with E-state index in [0.29, 0.717) is 0 Å². The van der Waals surface area contributed by atoms with E-state index in [9.17, 15) is 0 Å². The van der Waals surface area contributed by atoms with Gasteiger partial charge in [-0.2, -0.15) is 0 Å². The molecule has 0 aromatic carbocycles. The maximum atomic E-state index is 3.79. The van der Waals surface area contributed by atoms with Crippen LogP contribution in [-0.2, 0) is 0 Å². The molecule has 0 aliphatic carbocycles. The average molecular weight is 342 g/mol. The molecule has 0 aliphatic rings. The van der Waals surface area contributed by atoms with Crippen LogP contribution in [0.3, 0.4) is 0 Å². The minimum atomic E-state index is 0.819. The Bertz CT molecular complexity index is 210. The zero-order valence-corrected chi connectivity index (χ0v) is 18.7. The lowest BCUT2D eigenvalue weighted by Gasteiger charge is -2.18. The third-order valence-electron chi connectivity index (χ3n) is 4.52. The molecule has 0 aromatic rings. The first-order valence-corrected chi connectivity index (χ1v) is 10.8. The molecular weight excluding hydrogens is 290 g/mol. The van der Waals surface area contributed by atoms with Crippen molar-refractivity contribution in [1.29, 1.82) is 0 Å². The molecule has 0 aromatic heterocycles. The Hall–Kier alpha value is -0.300. The SMILES string of the molecule is C=CCC(CCCC)C(C)C.CC.CCCCCCCN(C)CC. The smallest absolute Gasteiger partial charge is 0.00219 e. The fourth-order valence-electron chi connectivity index (χ4n) is 2.55. The fraction of sp³-hybridized carbons (Fsp3) is 0.913. The van der Waals surface area contributed by atoms with Crippen LogP contribution in [0.15, 0.2) is 12.7 Å². The molecule has 0 fully saturated rings. The number of nitrogens with zero attached hydrogens (tertiary/aromatic N) is 1. The first-order valence-electron chi connectivity index (χ1n) is 10.8. The van der Waals surface area contributed by atoms with Gasteiger partial charge >= 0.3 is 0 Å². The van der Waals surface area contributed by atoms with Crippen LogP contribution >= 0.6 is 0 Å². The fourth-order valence-corrected chi connectivity index (χ4v) is 2.55. The monoisotopic (exact) mass is 341 g/mol. The summed E-state index contributed by atoms with van der Waals surface area (Å²) >= 11 is 0. The predicted octanol–water partition coefficient (Wildman–Crippen LogP) is 7.96. The Morgan fingerprint density at radius 3 is 1.83 bits per heavy atom. The molecule has 1 unspecified atom stereocenters. The van der Waals surface area contributed by atoms with Crippen molar-refractivity contribution in [3.63, 3.8) is 0 Å². The van der Waals surface area contributed by atoms with E-state index in [1.54, 1.807) is 0 Å². The van der Waals surface area contributed by atoms with Gasteiger partial charge < -0.3 is 4.90 Å². The van der Waals surface area contributed by atoms with Gasteiger partial charge in [0, 0.05) is 0 Å². The summed E-state index contributed by atoms with van der Waals surface area (Å²) in [4.78, 5) is 2.38. The lowest BCUT2D eigenvalue weighted by Crippen LogP contribution is -2.18. The maximum Gasteiger partial charge on any atom is -0.00219 e. The first kappa shape index (κ1) is 28.5. The van der Waals surface area contributed by atoms with Crippen LogP contribution in [-0.4, -0.2) is 25.0 Å². The van der Waals surface area contributed by atoms with Crippen molar-refractivity contribution in [1.82, 2.24) is 4.90 Å². The Morgan fingerprint density at radius 2 is 1.42 bits per heavy atom. The van der Waals surface area contributed by atoms with E-state index in [2.05, 4.69) is 59.2 Å². The van der Waals surface area contributed by atoms with E-state index in [1.165, 1.54) is 70.9 Å². The molecule has 1 nitrogen and oxygen atoms in total. The quantitative estimate of drug-likeness (QED) is 0.242. The zero-order chi connectivity index (χ0) is 19.2. The van der Waals surface area contributed by atoms with Crippen molar-refractivity contribution in [3.8, 4) is 0 Å². The van der Waals surface area contributed by atoms with Crippen molar-refractivity contribution in [3.05, 3.63) is 12.7 Å². The van der Waals surface area contributed by atoms with E-state index in [-0.39, 0.29) is 0 Å². The molecule has 0 radical (unpaired) electrons. The highest BCUT2D eigenvalue weighted by Gasteiger charge is 2.09. The van der Waals surface area contributed by atoms with Gasteiger partial charge in [0.1, 0.15) is 0 Å². The van der Waals surface area contributed by atoms with E-state index in [0.717, 1.165) is 11.8 Å². The van der Waals surface area contributed by atoms with Gasteiger partial charge in [-0.25, -0.2) is 0 Å². The minimum absolute atomic E-state index is 0.819. The second kappa shape index (κ2) is 24.9. The largest absolute Gasteiger partial charge is 0.307 e. The summed E-state index contributed by atoms with van der Waals surface area (Å²) in [5, 5.41) is 0. The molecule has 0 bridgehead atoms. The normalized spacial score (nSPS) is 11.4. The van der Waals surface area contributed by atoms with E-state index in [4.69, 9.17) is 0 Å². The van der Waals surface area contributed by atoms with Crippen molar-refractivity contribution in [2.45, 2.75) is 106 Å². The van der Waals surface area contributed by atoms with Gasteiger partial charge in [0.2, 0.25) is 0 Å². The highest BCUT2D eigenvalue weighted by molar-refractivity contribution is 4.74. The van der Waals surface area contributed by atoms with Crippen LogP contribution in [0.1, 0.15) is 106 Å². The third kappa shape index (κ3) is 24.0. The summed E-state index contributed by atoms with van der Waals surface area (Å²) in [7, 11) is 2.19. The summed E-state index contributed by atoms with van der Waals surface area (Å²) in [5.41, 5.74) is 0. The summed E-state index contributed by atoms with van der Waals surface area (Å²) in [6.45, 7) is 21.6. The molecule has 0 aliphatic heterocycles. The Morgan fingerprint density at radius 1 is 0.875 bits per heavy atom. The van der Waals surface area contributed by atoms with Gasteiger partial charge in [-0.15, -0.1) is 6.58 Å². The van der Waals surface area contributed by atoms with Crippen LogP contribution in [0.5, 0.6) is 0 Å². The van der Waals surface area contributed by atoms with Gasteiger partial charge in [-0.1, -0.05) is 93.1 Å². The molecule has 0 saturated carbocycles. The predicted molar refractivity (Wildman–Crippen MR) is 116 cm³/mol. The molecule has 0 N–H and O–H groups in total. The molecule has 1 atom stereocenters. The lowest BCUT2D eigenvalue weighted by molar-refractivity contribution is 0.341. The summed E-state index contributed by atoms with van der Waals surface area (Å²) in [6, 6.07) is 0. The molecule has 0 heterocycles. The molecule has 0 amide bonds. The highest BCUT2D eigenvalue weighted by atomic mass is 15.1. The lowest BCUT2D eigenvalue weighted by atomic mass is 9.88. The zero-order valence-electron chi connectivity index (χ0n) is 18.7. The number of unbranched alkanes of at least 4 members (excludes halogenated alkanes) is 5. The number of allylic oxidation sites excluding steroid dienone is 1. The molecule has 1 heteroatoms. The Kier molecular flexibility index (Phi) is 29.6. The molecule has 0 rings (SSSR count). The number of hydrogen-bond donors (Lipinski definition) is 0. The molecule has 148 valence electrons. The molecule has 24 heavy (non-hydrogen) atoms. The molecule has 0 spiro atoms. The Balaban J connectivity index is -0.000000333. The van der Waals surface area contributed by atoms with Crippen molar-refractivity contribution < 1.29 is 0 Å². The van der Waals surface area contributed by atoms with E-state index < -0.39 is 0 Å². The standard InChI is InChI=1S/C11H22.C10H23N.C2H6/c1-5-7-9-11(8-6-2)10(3)4;1-4-6-7-8-9-10-11(3)5-2;1-2/h6,10-11H,2,5,7-9H2,1,3-4H3;4-10H2,1-3H3;1-2H3. The maximum absolute atomic E-state index is 3.79. The number of hydrogen-bond acceptors (Lipinski definition) is 1. The van der Waals surface area contributed by atoms with Crippen LogP contribution in [0.4, 0.5) is 0 Å². The van der Waals surface area contributed by atoms with E-state index >= 15 is 0 Å². The second-order valence-corrected chi connectivity index (χ2v) is 6.98. The summed E-state index contributed by atoms with van der Waals surface area (Å²) in [6.07, 6.45) is 14.3. The van der Waals surface area contributed by atoms with E-state index in [1.807, 2.05) is 13.8 Å². The van der Waals surface area contributed by atoms with Crippen LogP contribution < -0.4 is 0 Å². The first-order chi connectivity index (χ1) is 11.5. The summed E-state index contributed by atoms with van der Waals surface area (Å²) in [5.74, 6) is 1.69. The second-order valence-electron chi connectivity index (χ2n) is 6.98. The number of rotatable bonds is 13. The molecular formula is C23H51N. The highest BCUT2D eigenvalue weighted by Crippen LogP contribution is 2.21. The van der Waals surface area contributed by atoms with Gasteiger partial charge in [-0.3, -0.25) is 0 Å². The van der Waals surface area contributed by atoms with Gasteiger partial charge in [0.25, 0.3) is 0 Å².